The first-order valence-electron chi connectivity index (χ1n) is 9.18. The number of aromatic nitrogens is 3. The van der Waals surface area contributed by atoms with Gasteiger partial charge in [-0.15, -0.1) is 40.8 Å². The first-order chi connectivity index (χ1) is 12.9. The van der Waals surface area contributed by atoms with Crippen LogP contribution in [0.2, 0.25) is 0 Å². The zero-order valence-electron chi connectivity index (χ0n) is 16.9. The van der Waals surface area contributed by atoms with Crippen molar-refractivity contribution in [2.75, 3.05) is 6.54 Å². The summed E-state index contributed by atoms with van der Waals surface area (Å²) < 4.78 is 8.07. The van der Waals surface area contributed by atoms with Crippen molar-refractivity contribution in [3.8, 4) is 5.75 Å². The first kappa shape index (κ1) is 22.2. The van der Waals surface area contributed by atoms with E-state index in [0.29, 0.717) is 19.0 Å². The van der Waals surface area contributed by atoms with E-state index in [4.69, 9.17) is 9.73 Å². The van der Waals surface area contributed by atoms with Gasteiger partial charge in [0.25, 0.3) is 0 Å². The predicted molar refractivity (Wildman–Crippen MR) is 122 cm³/mol. The van der Waals surface area contributed by atoms with Crippen LogP contribution in [-0.4, -0.2) is 32.9 Å². The number of para-hydroxylation sites is 1. The first-order valence-corrected chi connectivity index (χ1v) is 9.18. The van der Waals surface area contributed by atoms with Crippen molar-refractivity contribution in [2.45, 2.75) is 45.4 Å². The monoisotopic (exact) mass is 496 g/mol. The predicted octanol–water partition coefficient (Wildman–Crippen LogP) is 3.27. The number of nitrogens with zero attached hydrogens (tertiary/aromatic N) is 4. The molecule has 1 atom stereocenters. The molecule has 1 aliphatic heterocycles. The molecule has 8 heteroatoms. The molecule has 1 unspecified atom stereocenters. The molecule has 0 amide bonds. The van der Waals surface area contributed by atoms with Gasteiger partial charge in [0, 0.05) is 25.6 Å². The highest BCUT2D eigenvalue weighted by Crippen LogP contribution is 2.39. The molecule has 2 N–H and O–H groups in total. The molecule has 2 heterocycles. The van der Waals surface area contributed by atoms with Gasteiger partial charge in [-0.1, -0.05) is 24.3 Å². The van der Waals surface area contributed by atoms with Gasteiger partial charge in [-0.3, -0.25) is 0 Å². The molecule has 0 spiro atoms. The Balaban J connectivity index is 0.00000280. The van der Waals surface area contributed by atoms with Gasteiger partial charge >= 0.3 is 0 Å². The van der Waals surface area contributed by atoms with Gasteiger partial charge in [0.1, 0.15) is 23.7 Å². The SMILES string of the molecule is C=CCNC(=NCc1nnc(C)n1C)NC1CC(C)(C)Oc2ccccc21.I. The fourth-order valence-corrected chi connectivity index (χ4v) is 3.16. The van der Waals surface area contributed by atoms with Gasteiger partial charge in [0.05, 0.1) is 6.04 Å². The number of aliphatic imine (C=N–C) groups is 1. The molecular formula is C20H29IN6O. The second-order valence-electron chi connectivity index (χ2n) is 7.36. The summed E-state index contributed by atoms with van der Waals surface area (Å²) in [7, 11) is 1.95. The average molecular weight is 496 g/mol. The van der Waals surface area contributed by atoms with Crippen LogP contribution in [0.25, 0.3) is 0 Å². The molecule has 0 saturated heterocycles. The Bertz CT molecular complexity index is 845. The molecular weight excluding hydrogens is 467 g/mol. The van der Waals surface area contributed by atoms with E-state index in [1.54, 1.807) is 0 Å². The Labute approximate surface area is 183 Å². The second-order valence-corrected chi connectivity index (χ2v) is 7.36. The third-order valence-electron chi connectivity index (χ3n) is 4.66. The van der Waals surface area contributed by atoms with Gasteiger partial charge in [-0.05, 0) is 26.8 Å². The van der Waals surface area contributed by atoms with Crippen LogP contribution < -0.4 is 15.4 Å². The van der Waals surface area contributed by atoms with Crippen molar-refractivity contribution in [3.05, 3.63) is 54.1 Å². The summed E-state index contributed by atoms with van der Waals surface area (Å²) in [5.74, 6) is 3.32. The molecule has 1 aromatic heterocycles. The van der Waals surface area contributed by atoms with Crippen LogP contribution in [-0.2, 0) is 13.6 Å². The number of ether oxygens (including phenoxy) is 1. The van der Waals surface area contributed by atoms with Crippen LogP contribution in [0.4, 0.5) is 0 Å². The van der Waals surface area contributed by atoms with Gasteiger partial charge in [0.15, 0.2) is 11.8 Å². The summed E-state index contributed by atoms with van der Waals surface area (Å²) in [5.41, 5.74) is 0.885. The van der Waals surface area contributed by atoms with Crippen LogP contribution >= 0.6 is 24.0 Å². The van der Waals surface area contributed by atoms with Crippen molar-refractivity contribution < 1.29 is 4.74 Å². The van der Waals surface area contributed by atoms with E-state index >= 15 is 0 Å². The molecule has 7 nitrogen and oxygen atoms in total. The van der Waals surface area contributed by atoms with Gasteiger partial charge in [0.2, 0.25) is 0 Å². The average Bonchev–Trinajstić information content (AvgIpc) is 2.95. The fraction of sp³-hybridized carbons (Fsp3) is 0.450. The highest BCUT2D eigenvalue weighted by atomic mass is 127. The lowest BCUT2D eigenvalue weighted by molar-refractivity contribution is 0.0694. The van der Waals surface area contributed by atoms with Crippen molar-refractivity contribution in [1.82, 2.24) is 25.4 Å². The van der Waals surface area contributed by atoms with Gasteiger partial charge in [-0.25, -0.2) is 4.99 Å². The number of fused-ring (bicyclic) bond motifs is 1. The zero-order chi connectivity index (χ0) is 19.4. The lowest BCUT2D eigenvalue weighted by atomic mass is 9.90. The van der Waals surface area contributed by atoms with E-state index in [-0.39, 0.29) is 35.6 Å². The minimum Gasteiger partial charge on any atom is -0.487 e. The van der Waals surface area contributed by atoms with Crippen LogP contribution in [0, 0.1) is 6.92 Å². The standard InChI is InChI=1S/C20H28N6O.HI/c1-6-11-21-19(22-13-18-25-24-14(2)26(18)5)23-16-12-20(3,4)27-17-10-8-7-9-15(16)17;/h6-10,16H,1,11-13H2,2-5H3,(H2,21,22,23);1H. The Hall–Kier alpha value is -2.10. The Morgan fingerprint density at radius 3 is 2.82 bits per heavy atom. The normalized spacial score (nSPS) is 17.7. The van der Waals surface area contributed by atoms with E-state index < -0.39 is 0 Å². The number of hydrogen-bond acceptors (Lipinski definition) is 4. The van der Waals surface area contributed by atoms with E-state index in [1.807, 2.05) is 42.8 Å². The van der Waals surface area contributed by atoms with Gasteiger partial charge < -0.3 is 19.9 Å². The van der Waals surface area contributed by atoms with E-state index in [0.717, 1.165) is 29.4 Å². The number of guanidine groups is 1. The fourth-order valence-electron chi connectivity index (χ4n) is 3.16. The summed E-state index contributed by atoms with van der Waals surface area (Å²) >= 11 is 0. The summed E-state index contributed by atoms with van der Waals surface area (Å²) in [6, 6.07) is 8.24. The summed E-state index contributed by atoms with van der Waals surface area (Å²) in [6.45, 7) is 11.0. The summed E-state index contributed by atoms with van der Waals surface area (Å²) in [6.07, 6.45) is 2.65. The van der Waals surface area contributed by atoms with Crippen LogP contribution in [0.1, 0.15) is 43.5 Å². The Morgan fingerprint density at radius 2 is 2.14 bits per heavy atom. The van der Waals surface area contributed by atoms with Crippen molar-refractivity contribution >= 4 is 29.9 Å². The quantitative estimate of drug-likeness (QED) is 0.288. The minimum absolute atomic E-state index is 0. The van der Waals surface area contributed by atoms with E-state index in [1.165, 1.54) is 0 Å². The third-order valence-corrected chi connectivity index (χ3v) is 4.66. The molecule has 0 radical (unpaired) electrons. The number of nitrogens with one attached hydrogen (secondary N) is 2. The molecule has 0 saturated carbocycles. The number of rotatable bonds is 5. The van der Waals surface area contributed by atoms with Crippen LogP contribution in [0.5, 0.6) is 5.75 Å². The number of aryl methyl sites for hydroxylation is 1. The maximum atomic E-state index is 6.12. The third kappa shape index (κ3) is 5.24. The topological polar surface area (TPSA) is 76.4 Å². The Morgan fingerprint density at radius 1 is 1.39 bits per heavy atom. The second kappa shape index (κ2) is 9.40. The minimum atomic E-state index is -0.254. The molecule has 0 fully saturated rings. The number of halogens is 1. The van der Waals surface area contributed by atoms with E-state index in [2.05, 4.69) is 47.3 Å². The molecule has 152 valence electrons. The molecule has 0 bridgehead atoms. The highest BCUT2D eigenvalue weighted by molar-refractivity contribution is 14.0. The van der Waals surface area contributed by atoms with E-state index in [9.17, 15) is 0 Å². The van der Waals surface area contributed by atoms with Gasteiger partial charge in [-0.2, -0.15) is 0 Å². The summed E-state index contributed by atoms with van der Waals surface area (Å²) in [5, 5.41) is 15.1. The van der Waals surface area contributed by atoms with Crippen molar-refractivity contribution in [1.29, 1.82) is 0 Å². The maximum Gasteiger partial charge on any atom is 0.192 e. The summed E-state index contributed by atoms with van der Waals surface area (Å²) in [4.78, 5) is 4.70. The zero-order valence-corrected chi connectivity index (χ0v) is 19.2. The van der Waals surface area contributed by atoms with Crippen LogP contribution in [0.3, 0.4) is 0 Å². The molecule has 2 aromatic rings. The maximum absolute atomic E-state index is 6.12. The smallest absolute Gasteiger partial charge is 0.192 e. The highest BCUT2D eigenvalue weighted by Gasteiger charge is 2.33. The van der Waals surface area contributed by atoms with Crippen molar-refractivity contribution in [3.63, 3.8) is 0 Å². The largest absolute Gasteiger partial charge is 0.487 e. The van der Waals surface area contributed by atoms with Crippen molar-refractivity contribution in [2.24, 2.45) is 12.0 Å². The molecule has 3 rings (SSSR count). The number of hydrogen-bond donors (Lipinski definition) is 2. The number of benzene rings is 1. The molecule has 0 aliphatic carbocycles. The molecule has 1 aromatic carbocycles. The van der Waals surface area contributed by atoms with Crippen LogP contribution in [0.15, 0.2) is 41.9 Å². The molecule has 28 heavy (non-hydrogen) atoms. The molecule has 1 aliphatic rings. The Kier molecular flexibility index (Phi) is 7.45. The lowest BCUT2D eigenvalue weighted by Gasteiger charge is -2.38. The lowest BCUT2D eigenvalue weighted by Crippen LogP contribution is -2.45.